The monoisotopic (exact) mass is 183 g/mol. The lowest BCUT2D eigenvalue weighted by Crippen LogP contribution is -2.27. The van der Waals surface area contributed by atoms with E-state index in [0.717, 1.165) is 5.41 Å². The van der Waals surface area contributed by atoms with E-state index < -0.39 is 0 Å². The van der Waals surface area contributed by atoms with Gasteiger partial charge in [-0.05, 0) is 38.3 Å². The Bertz CT molecular complexity index is 131. The van der Waals surface area contributed by atoms with Crippen LogP contribution in [0.3, 0.4) is 0 Å². The van der Waals surface area contributed by atoms with E-state index in [4.69, 9.17) is 0 Å². The van der Waals surface area contributed by atoms with Crippen LogP contribution in [0, 0.1) is 5.41 Å². The summed E-state index contributed by atoms with van der Waals surface area (Å²) in [5, 5.41) is 0. The number of likely N-dealkylation sites (tertiary alicyclic amines) is 1. The van der Waals surface area contributed by atoms with Crippen molar-refractivity contribution in [2.24, 2.45) is 5.41 Å². The minimum Gasteiger partial charge on any atom is -0.306 e. The van der Waals surface area contributed by atoms with E-state index in [1.807, 2.05) is 13.8 Å². The van der Waals surface area contributed by atoms with Crippen LogP contribution in [-0.4, -0.2) is 25.0 Å². The molecule has 1 aliphatic carbocycles. The van der Waals surface area contributed by atoms with Crippen molar-refractivity contribution in [3.05, 3.63) is 0 Å². The van der Waals surface area contributed by atoms with Crippen LogP contribution < -0.4 is 0 Å². The van der Waals surface area contributed by atoms with Gasteiger partial charge in [-0.25, -0.2) is 0 Å². The number of rotatable bonds is 0. The zero-order valence-electron chi connectivity index (χ0n) is 9.60. The van der Waals surface area contributed by atoms with Crippen LogP contribution in [-0.2, 0) is 0 Å². The van der Waals surface area contributed by atoms with Gasteiger partial charge in [0.15, 0.2) is 0 Å². The second-order valence-corrected chi connectivity index (χ2v) is 4.55. The molecule has 0 atom stereocenters. The Balaban J connectivity index is 0.000000396. The molecule has 1 heterocycles. The molecule has 0 radical (unpaired) electrons. The topological polar surface area (TPSA) is 3.24 Å². The minimum absolute atomic E-state index is 0.771. The molecule has 13 heavy (non-hydrogen) atoms. The molecule has 1 heteroatoms. The van der Waals surface area contributed by atoms with E-state index in [1.165, 1.54) is 51.6 Å². The van der Waals surface area contributed by atoms with Gasteiger partial charge in [-0.15, -0.1) is 0 Å². The summed E-state index contributed by atoms with van der Waals surface area (Å²) in [7, 11) is 2.27. The molecule has 1 spiro atoms. The molecule has 1 saturated heterocycles. The van der Waals surface area contributed by atoms with Crippen LogP contribution in [0.15, 0.2) is 0 Å². The molecule has 78 valence electrons. The maximum Gasteiger partial charge on any atom is 0.00354 e. The summed E-state index contributed by atoms with van der Waals surface area (Å²) >= 11 is 0. The third-order valence-corrected chi connectivity index (χ3v) is 3.54. The second kappa shape index (κ2) is 4.99. The second-order valence-electron chi connectivity index (χ2n) is 4.55. The smallest absolute Gasteiger partial charge is 0.00354 e. The van der Waals surface area contributed by atoms with Crippen molar-refractivity contribution in [3.63, 3.8) is 0 Å². The largest absolute Gasteiger partial charge is 0.306 e. The standard InChI is InChI=1S/C10H19N.C2H6/c1-11-8-7-10(9-11)5-3-2-4-6-10;1-2/h2-9H2,1H3;1-2H3. The summed E-state index contributed by atoms with van der Waals surface area (Å²) < 4.78 is 0. The zero-order chi connectivity index (χ0) is 9.73. The van der Waals surface area contributed by atoms with Crippen LogP contribution in [0.4, 0.5) is 0 Å². The molecule has 0 aromatic heterocycles. The molecule has 2 aliphatic rings. The molecule has 0 aromatic rings. The fraction of sp³-hybridized carbons (Fsp3) is 1.00. The first kappa shape index (κ1) is 11.0. The van der Waals surface area contributed by atoms with E-state index in [-0.39, 0.29) is 0 Å². The molecule has 1 aliphatic heterocycles. The average Bonchev–Trinajstić information content (AvgIpc) is 2.52. The van der Waals surface area contributed by atoms with Gasteiger partial charge >= 0.3 is 0 Å². The third-order valence-electron chi connectivity index (χ3n) is 3.54. The molecule has 2 fully saturated rings. The lowest BCUT2D eigenvalue weighted by atomic mass is 9.74. The molecular formula is C12H25N. The fourth-order valence-electron chi connectivity index (χ4n) is 2.87. The van der Waals surface area contributed by atoms with E-state index in [1.54, 1.807) is 0 Å². The first-order valence-corrected chi connectivity index (χ1v) is 5.99. The zero-order valence-corrected chi connectivity index (χ0v) is 9.60. The predicted octanol–water partition coefficient (Wildman–Crippen LogP) is 3.30. The first-order chi connectivity index (χ1) is 6.31. The Morgan fingerprint density at radius 1 is 0.923 bits per heavy atom. The maximum absolute atomic E-state index is 2.51. The van der Waals surface area contributed by atoms with Crippen LogP contribution in [0.1, 0.15) is 52.4 Å². The maximum atomic E-state index is 2.51. The normalized spacial score (nSPS) is 27.0. The molecule has 0 N–H and O–H groups in total. The molecular weight excluding hydrogens is 158 g/mol. The Morgan fingerprint density at radius 2 is 1.54 bits per heavy atom. The van der Waals surface area contributed by atoms with Crippen molar-refractivity contribution in [2.45, 2.75) is 52.4 Å². The average molecular weight is 183 g/mol. The Labute approximate surface area is 83.5 Å². The summed E-state index contributed by atoms with van der Waals surface area (Å²) in [5.41, 5.74) is 0.771. The lowest BCUT2D eigenvalue weighted by Gasteiger charge is -2.32. The number of nitrogens with zero attached hydrogens (tertiary/aromatic N) is 1. The van der Waals surface area contributed by atoms with Crippen LogP contribution in [0.25, 0.3) is 0 Å². The number of hydrogen-bond acceptors (Lipinski definition) is 1. The van der Waals surface area contributed by atoms with Crippen LogP contribution >= 0.6 is 0 Å². The highest BCUT2D eigenvalue weighted by Crippen LogP contribution is 2.42. The van der Waals surface area contributed by atoms with Crippen molar-refractivity contribution in [1.29, 1.82) is 0 Å². The Hall–Kier alpha value is -0.0400. The van der Waals surface area contributed by atoms with Crippen molar-refractivity contribution in [2.75, 3.05) is 20.1 Å². The van der Waals surface area contributed by atoms with Crippen LogP contribution in [0.2, 0.25) is 0 Å². The molecule has 2 rings (SSSR count). The highest BCUT2D eigenvalue weighted by molar-refractivity contribution is 4.90. The molecule has 0 unspecified atom stereocenters. The molecule has 0 bridgehead atoms. The highest BCUT2D eigenvalue weighted by Gasteiger charge is 2.36. The van der Waals surface area contributed by atoms with Gasteiger partial charge in [0.1, 0.15) is 0 Å². The molecule has 1 nitrogen and oxygen atoms in total. The summed E-state index contributed by atoms with van der Waals surface area (Å²) in [6.45, 7) is 6.73. The van der Waals surface area contributed by atoms with Gasteiger partial charge in [0.05, 0.1) is 0 Å². The summed E-state index contributed by atoms with van der Waals surface area (Å²) in [6, 6.07) is 0. The summed E-state index contributed by atoms with van der Waals surface area (Å²) in [5.74, 6) is 0. The van der Waals surface area contributed by atoms with Gasteiger partial charge < -0.3 is 4.90 Å². The minimum atomic E-state index is 0.771. The highest BCUT2D eigenvalue weighted by atomic mass is 15.1. The summed E-state index contributed by atoms with van der Waals surface area (Å²) in [4.78, 5) is 2.51. The van der Waals surface area contributed by atoms with E-state index in [0.29, 0.717) is 0 Å². The van der Waals surface area contributed by atoms with Gasteiger partial charge in [-0.3, -0.25) is 0 Å². The van der Waals surface area contributed by atoms with E-state index in [9.17, 15) is 0 Å². The van der Waals surface area contributed by atoms with Gasteiger partial charge in [0, 0.05) is 6.54 Å². The third kappa shape index (κ3) is 2.70. The van der Waals surface area contributed by atoms with Gasteiger partial charge in [0.25, 0.3) is 0 Å². The van der Waals surface area contributed by atoms with Crippen molar-refractivity contribution in [3.8, 4) is 0 Å². The summed E-state index contributed by atoms with van der Waals surface area (Å²) in [6.07, 6.45) is 8.98. The van der Waals surface area contributed by atoms with Crippen molar-refractivity contribution in [1.82, 2.24) is 4.90 Å². The van der Waals surface area contributed by atoms with E-state index in [2.05, 4.69) is 11.9 Å². The SMILES string of the molecule is CC.CN1CCC2(CCCCC2)C1. The van der Waals surface area contributed by atoms with E-state index >= 15 is 0 Å². The number of hydrogen-bond donors (Lipinski definition) is 0. The van der Waals surface area contributed by atoms with Gasteiger partial charge in [-0.1, -0.05) is 33.1 Å². The molecule has 1 saturated carbocycles. The van der Waals surface area contributed by atoms with Gasteiger partial charge in [0.2, 0.25) is 0 Å². The quantitative estimate of drug-likeness (QED) is 0.557. The Morgan fingerprint density at radius 3 is 2.00 bits per heavy atom. The molecule has 0 aromatic carbocycles. The fourth-order valence-corrected chi connectivity index (χ4v) is 2.87. The predicted molar refractivity (Wildman–Crippen MR) is 59.0 cm³/mol. The van der Waals surface area contributed by atoms with Crippen molar-refractivity contribution < 1.29 is 0 Å². The first-order valence-electron chi connectivity index (χ1n) is 5.99. The van der Waals surface area contributed by atoms with Crippen molar-refractivity contribution >= 4 is 0 Å². The van der Waals surface area contributed by atoms with Crippen LogP contribution in [0.5, 0.6) is 0 Å². The van der Waals surface area contributed by atoms with Gasteiger partial charge in [-0.2, -0.15) is 0 Å². The Kier molecular flexibility index (Phi) is 4.24. The lowest BCUT2D eigenvalue weighted by molar-refractivity contribution is 0.195. The molecule has 0 amide bonds.